The van der Waals surface area contributed by atoms with Gasteiger partial charge in [0.05, 0.1) is 11.1 Å². The van der Waals surface area contributed by atoms with Gasteiger partial charge in [-0.25, -0.2) is 0 Å². The summed E-state index contributed by atoms with van der Waals surface area (Å²) in [4.78, 5) is 0. The van der Waals surface area contributed by atoms with Gasteiger partial charge in [0.2, 0.25) is 0 Å². The van der Waals surface area contributed by atoms with E-state index in [1.54, 1.807) is 0 Å². The van der Waals surface area contributed by atoms with E-state index in [4.69, 9.17) is 17.7 Å². The van der Waals surface area contributed by atoms with Crippen LogP contribution in [0.3, 0.4) is 0 Å². The lowest BCUT2D eigenvalue weighted by atomic mass is 9.68. The molecule has 616 valence electrons. The van der Waals surface area contributed by atoms with Crippen LogP contribution in [-0.2, 0) is 17.3 Å². The number of benzene rings is 21. The van der Waals surface area contributed by atoms with Crippen molar-refractivity contribution in [1.82, 2.24) is 0 Å². The lowest BCUT2D eigenvalue weighted by Gasteiger charge is -2.36. The maximum atomic E-state index is 6.52. The quantitative estimate of drug-likeness (QED) is 0.126. The average molecular weight is 1670 g/mol. The predicted molar refractivity (Wildman–Crippen MR) is 546 cm³/mol. The molecule has 0 bridgehead atoms. The summed E-state index contributed by atoms with van der Waals surface area (Å²) in [7, 11) is 0. The first-order chi connectivity index (χ1) is 63.9. The van der Waals surface area contributed by atoms with E-state index in [9.17, 15) is 0 Å². The third-order valence-electron chi connectivity index (χ3n) is 27.5. The molecule has 25 aromatic rings. The first kappa shape index (κ1) is 76.0. The van der Waals surface area contributed by atoms with Crippen molar-refractivity contribution in [2.75, 3.05) is 16.0 Å². The monoisotopic (exact) mass is 1670 g/mol. The maximum absolute atomic E-state index is 6.52. The summed E-state index contributed by atoms with van der Waals surface area (Å²) < 4.78 is 25.6. The minimum absolute atomic E-state index is 0.0826. The topological polar surface area (TPSA) is 88.7 Å². The van der Waals surface area contributed by atoms with Crippen molar-refractivity contribution in [3.8, 4) is 55.6 Å². The van der Waals surface area contributed by atoms with Gasteiger partial charge in [0.15, 0.2) is 0 Å². The molecule has 0 saturated carbocycles. The number of anilines is 6. The van der Waals surface area contributed by atoms with E-state index in [1.807, 2.05) is 54.6 Å². The number of hydrogen-bond donors (Lipinski definition) is 3. The Labute approximate surface area is 750 Å². The first-order valence-electron chi connectivity index (χ1n) is 44.8. The molecular formula is C123H85N3O4. The molecule has 0 fully saturated rings. The first-order valence-corrected chi connectivity index (χ1v) is 44.8. The second-order valence-electron chi connectivity index (χ2n) is 36.0. The summed E-state index contributed by atoms with van der Waals surface area (Å²) in [6.07, 6.45) is 0.953. The van der Waals surface area contributed by atoms with Crippen LogP contribution in [0, 0.1) is 0 Å². The van der Waals surface area contributed by atoms with Gasteiger partial charge in [0.25, 0.3) is 0 Å². The summed E-state index contributed by atoms with van der Waals surface area (Å²) in [5, 5.41) is 32.7. The molecule has 21 aromatic carbocycles. The van der Waals surface area contributed by atoms with Crippen LogP contribution in [0.15, 0.2) is 430 Å². The van der Waals surface area contributed by atoms with Crippen LogP contribution < -0.4 is 16.0 Å². The van der Waals surface area contributed by atoms with Crippen molar-refractivity contribution >= 4 is 176 Å². The second-order valence-corrected chi connectivity index (χ2v) is 36.0. The normalized spacial score (nSPS) is 13.0. The van der Waals surface area contributed by atoms with E-state index in [-0.39, 0.29) is 10.8 Å². The molecule has 4 heterocycles. The summed E-state index contributed by atoms with van der Waals surface area (Å²) in [5.74, 6) is 0. The molecule has 0 amide bonds. The minimum Gasteiger partial charge on any atom is -0.456 e. The SMILES string of the molecule is CC1(C)c2cc(-c3ccc(Nc4cc(-c5cccc6ccccc56)c5oc6ccccc6c5c4)cc3)ccc2-c2ccc3ccccc3c21.CC1(C)c2cc(Nc3cc(-c4ccc5ccccc5c4)c4oc5ccccc5c4c3)ccc2Cc2c1ccc1ccccc21.c1ccc(Nc2cc(-c3cccc4cc5c(cc34)oc3ccccc35)cc3oc4ccccc4c23)cc1. The van der Waals surface area contributed by atoms with Crippen LogP contribution in [0.1, 0.15) is 61.1 Å². The molecule has 0 atom stereocenters. The van der Waals surface area contributed by atoms with Gasteiger partial charge < -0.3 is 33.6 Å². The Bertz CT molecular complexity index is 8940. The van der Waals surface area contributed by atoms with Crippen LogP contribution in [0.4, 0.5) is 34.1 Å². The largest absolute Gasteiger partial charge is 0.456 e. The van der Waals surface area contributed by atoms with Crippen LogP contribution >= 0.6 is 0 Å². The molecule has 0 aliphatic heterocycles. The van der Waals surface area contributed by atoms with Gasteiger partial charge in [-0.2, -0.15) is 0 Å². The van der Waals surface area contributed by atoms with Gasteiger partial charge in [-0.05, 0) is 259 Å². The molecule has 0 unspecified atom stereocenters. The van der Waals surface area contributed by atoms with Crippen molar-refractivity contribution in [2.24, 2.45) is 0 Å². The van der Waals surface area contributed by atoms with Crippen LogP contribution in [-0.4, -0.2) is 0 Å². The molecule has 0 saturated heterocycles. The van der Waals surface area contributed by atoms with E-state index in [1.165, 1.54) is 104 Å². The fraction of sp³-hybridized carbons (Fsp3) is 0.0569. The van der Waals surface area contributed by atoms with E-state index < -0.39 is 0 Å². The minimum atomic E-state index is -0.106. The smallest absolute Gasteiger partial charge is 0.143 e. The van der Waals surface area contributed by atoms with Gasteiger partial charge in [0, 0.05) is 88.1 Å². The summed E-state index contributed by atoms with van der Waals surface area (Å²) in [6.45, 7) is 9.47. The Balaban J connectivity index is 0.000000106. The summed E-state index contributed by atoms with van der Waals surface area (Å²) >= 11 is 0. The Morgan fingerprint density at radius 1 is 0.215 bits per heavy atom. The van der Waals surface area contributed by atoms with Crippen LogP contribution in [0.25, 0.3) is 197 Å². The van der Waals surface area contributed by atoms with E-state index in [2.05, 4.69) is 402 Å². The molecule has 7 nitrogen and oxygen atoms in total. The van der Waals surface area contributed by atoms with Gasteiger partial charge in [0.1, 0.15) is 44.7 Å². The van der Waals surface area contributed by atoms with Crippen LogP contribution in [0.2, 0.25) is 0 Å². The number of nitrogens with one attached hydrogen (secondary N) is 3. The average Bonchev–Trinajstić information content (AvgIpc) is 1.33. The molecule has 4 aromatic heterocycles. The zero-order valence-corrected chi connectivity index (χ0v) is 72.1. The standard InChI is InChI=1S/C47H33NO.C42H31NO.C34H21NO2/c1-47(2)43-26-32(21-24-38(43)40-25-20-31-11-4-6-14-36(31)45(40)47)29-18-22-33(23-19-29)48-34-27-41(37-16-9-12-30-10-3-5-13-35(30)37)46-42(28-34)39-15-7-8-17-44(39)49-46;1-42(2)38-20-18-27-10-5-6-12-33(27)36(38)22-30-17-19-31(25-39(30)42)43-32-23-35(29-16-15-26-9-3-4-11-28(26)21-29)41-37(24-32)34-13-7-8-14-40(34)44-41;1-2-10-23(11-3-1)35-29-18-22(19-33-34(29)26-13-5-7-16-31(26)37-33)24-14-8-9-21-17-28-25-12-4-6-15-30(25)36-32(28)20-27(21)24/h3-28,48H,1-2H3;3-21,23-25,43H,22H2,1-2H3;1-20,35H. The molecule has 0 radical (unpaired) electrons. The second kappa shape index (κ2) is 30.1. The highest BCUT2D eigenvalue weighted by atomic mass is 16.3. The van der Waals surface area contributed by atoms with Crippen molar-refractivity contribution in [2.45, 2.75) is 44.9 Å². The van der Waals surface area contributed by atoms with Crippen LogP contribution in [0.5, 0.6) is 0 Å². The predicted octanol–water partition coefficient (Wildman–Crippen LogP) is 34.9. The molecule has 2 aliphatic rings. The third-order valence-corrected chi connectivity index (χ3v) is 27.5. The fourth-order valence-corrected chi connectivity index (χ4v) is 21.3. The molecule has 0 spiro atoms. The van der Waals surface area contributed by atoms with Crippen molar-refractivity contribution < 1.29 is 17.7 Å². The van der Waals surface area contributed by atoms with E-state index >= 15 is 0 Å². The number of fused-ring (bicyclic) bond motifs is 24. The highest BCUT2D eigenvalue weighted by Crippen LogP contribution is 2.54. The molecule has 7 heteroatoms. The molecular weight excluding hydrogens is 1580 g/mol. The number of rotatable bonds is 10. The molecule has 2 aliphatic carbocycles. The zero-order chi connectivity index (χ0) is 86.5. The lowest BCUT2D eigenvalue weighted by molar-refractivity contribution is 0.613. The lowest BCUT2D eigenvalue weighted by Crippen LogP contribution is -2.27. The Hall–Kier alpha value is -16.5. The van der Waals surface area contributed by atoms with Gasteiger partial charge in [-0.15, -0.1) is 0 Å². The highest BCUT2D eigenvalue weighted by molar-refractivity contribution is 6.18. The van der Waals surface area contributed by atoms with Gasteiger partial charge >= 0.3 is 0 Å². The summed E-state index contributed by atoms with van der Waals surface area (Å²) in [5.41, 5.74) is 33.6. The summed E-state index contributed by atoms with van der Waals surface area (Å²) in [6, 6.07) is 147. The number of hydrogen-bond acceptors (Lipinski definition) is 7. The molecule has 27 rings (SSSR count). The fourth-order valence-electron chi connectivity index (χ4n) is 21.3. The third kappa shape index (κ3) is 12.8. The van der Waals surface area contributed by atoms with Crippen molar-refractivity contribution in [3.63, 3.8) is 0 Å². The number of furan rings is 4. The van der Waals surface area contributed by atoms with Crippen molar-refractivity contribution in [1.29, 1.82) is 0 Å². The highest BCUT2D eigenvalue weighted by Gasteiger charge is 2.38. The Morgan fingerprint density at radius 2 is 0.731 bits per heavy atom. The van der Waals surface area contributed by atoms with Crippen molar-refractivity contribution in [3.05, 3.63) is 446 Å². The van der Waals surface area contributed by atoms with E-state index in [0.29, 0.717) is 0 Å². The maximum Gasteiger partial charge on any atom is 0.143 e. The van der Waals surface area contributed by atoms with Gasteiger partial charge in [-0.1, -0.05) is 319 Å². The zero-order valence-electron chi connectivity index (χ0n) is 72.1. The molecule has 130 heavy (non-hydrogen) atoms. The van der Waals surface area contributed by atoms with Gasteiger partial charge in [-0.3, -0.25) is 0 Å². The Kier molecular flexibility index (Phi) is 17.6. The van der Waals surface area contributed by atoms with E-state index in [0.717, 1.165) is 167 Å². The number of para-hydroxylation sites is 5. The molecule has 3 N–H and O–H groups in total. The Morgan fingerprint density at radius 3 is 1.46 bits per heavy atom.